The van der Waals surface area contributed by atoms with E-state index in [2.05, 4.69) is 9.88 Å². The van der Waals surface area contributed by atoms with Gasteiger partial charge in [-0.2, -0.15) is 0 Å². The van der Waals surface area contributed by atoms with Crippen LogP contribution in [-0.2, 0) is 11.3 Å². The average Bonchev–Trinajstić information content (AvgIpc) is 3.26. The molecule has 0 bridgehead atoms. The summed E-state index contributed by atoms with van der Waals surface area (Å²) >= 11 is 0. The van der Waals surface area contributed by atoms with Crippen molar-refractivity contribution in [2.45, 2.75) is 13.0 Å². The summed E-state index contributed by atoms with van der Waals surface area (Å²) in [7, 11) is 0. The Kier molecular flexibility index (Phi) is 6.16. The molecule has 4 rings (SSSR count). The van der Waals surface area contributed by atoms with E-state index < -0.39 is 6.09 Å². The Labute approximate surface area is 179 Å². The molecule has 1 aliphatic heterocycles. The number of amides is 1. The van der Waals surface area contributed by atoms with E-state index in [9.17, 15) is 9.59 Å². The third-order valence-corrected chi connectivity index (χ3v) is 5.22. The first kappa shape index (κ1) is 20.5. The largest absolute Gasteiger partial charge is 0.489 e. The molecule has 1 amide bonds. The van der Waals surface area contributed by atoms with Gasteiger partial charge in [-0.15, -0.1) is 0 Å². The number of hydrogen-bond donors (Lipinski definition) is 1. The number of pyridine rings is 2. The van der Waals surface area contributed by atoms with Crippen LogP contribution in [0.15, 0.2) is 71.8 Å². The Hall–Kier alpha value is -3.81. The highest BCUT2D eigenvalue weighted by atomic mass is 16.5. The van der Waals surface area contributed by atoms with E-state index in [0.717, 1.165) is 30.9 Å². The van der Waals surface area contributed by atoms with Crippen molar-refractivity contribution in [2.75, 3.05) is 24.6 Å². The molecule has 8 nitrogen and oxygen atoms in total. The number of rotatable bonds is 7. The number of ether oxygens (including phenoxy) is 2. The minimum absolute atomic E-state index is 0.190. The summed E-state index contributed by atoms with van der Waals surface area (Å²) in [5, 5.41) is 0. The van der Waals surface area contributed by atoms with Crippen molar-refractivity contribution in [2.24, 2.45) is 11.7 Å². The first-order valence-electron chi connectivity index (χ1n) is 10.1. The number of anilines is 1. The molecule has 1 aromatic carbocycles. The molecular formula is C23H24N4O4. The molecule has 1 saturated heterocycles. The molecule has 0 radical (unpaired) electrons. The molecule has 3 aromatic rings. The molecule has 0 spiro atoms. The van der Waals surface area contributed by atoms with Crippen LogP contribution in [0.3, 0.4) is 0 Å². The van der Waals surface area contributed by atoms with Crippen LogP contribution >= 0.6 is 0 Å². The summed E-state index contributed by atoms with van der Waals surface area (Å²) in [6.45, 7) is 2.29. The van der Waals surface area contributed by atoms with Crippen molar-refractivity contribution >= 4 is 11.9 Å². The quantitative estimate of drug-likeness (QED) is 0.631. The van der Waals surface area contributed by atoms with Gasteiger partial charge in [-0.3, -0.25) is 9.36 Å². The summed E-state index contributed by atoms with van der Waals surface area (Å²) in [4.78, 5) is 30.0. The molecule has 1 atom stereocenters. The topological polar surface area (TPSA) is 99.7 Å². The standard InChI is InChI=1S/C23H24N4O4/c24-23(29)31-16-18-8-10-26(14-18)21-7-6-19(13-25-21)27-11-9-20(12-22(27)28)30-15-17-4-2-1-3-5-17/h1-7,9,11-13,18H,8,10,14-16H2,(H2,24,29)/t18-/m0/s1. The second kappa shape index (κ2) is 9.34. The molecule has 1 fully saturated rings. The van der Waals surface area contributed by atoms with Crippen molar-refractivity contribution < 1.29 is 14.3 Å². The first-order valence-corrected chi connectivity index (χ1v) is 10.1. The van der Waals surface area contributed by atoms with Crippen molar-refractivity contribution in [1.82, 2.24) is 9.55 Å². The summed E-state index contributed by atoms with van der Waals surface area (Å²) < 4.78 is 12.1. The van der Waals surface area contributed by atoms with E-state index in [1.165, 1.54) is 10.6 Å². The fourth-order valence-corrected chi connectivity index (χ4v) is 3.59. The van der Waals surface area contributed by atoms with Crippen LogP contribution in [-0.4, -0.2) is 35.3 Å². The predicted octanol–water partition coefficient (Wildman–Crippen LogP) is 2.73. The Morgan fingerprint density at radius 3 is 2.71 bits per heavy atom. The van der Waals surface area contributed by atoms with Crippen LogP contribution in [0.2, 0.25) is 0 Å². The molecule has 2 N–H and O–H groups in total. The van der Waals surface area contributed by atoms with E-state index >= 15 is 0 Å². The van der Waals surface area contributed by atoms with Crippen LogP contribution in [0, 0.1) is 5.92 Å². The van der Waals surface area contributed by atoms with Gasteiger partial charge in [0, 0.05) is 31.3 Å². The summed E-state index contributed by atoms with van der Waals surface area (Å²) in [5.41, 5.74) is 6.56. The predicted molar refractivity (Wildman–Crippen MR) is 116 cm³/mol. The van der Waals surface area contributed by atoms with E-state index in [1.54, 1.807) is 18.5 Å². The van der Waals surface area contributed by atoms with Gasteiger partial charge < -0.3 is 20.1 Å². The Morgan fingerprint density at radius 2 is 2.00 bits per heavy atom. The normalized spacial score (nSPS) is 15.6. The summed E-state index contributed by atoms with van der Waals surface area (Å²) in [6.07, 6.45) is 3.52. The number of aromatic nitrogens is 2. The molecule has 0 saturated carbocycles. The molecule has 3 heterocycles. The molecule has 1 aliphatic rings. The van der Waals surface area contributed by atoms with Crippen LogP contribution in [0.25, 0.3) is 5.69 Å². The molecule has 8 heteroatoms. The fourth-order valence-electron chi connectivity index (χ4n) is 3.59. The van der Waals surface area contributed by atoms with E-state index in [1.807, 2.05) is 42.5 Å². The minimum Gasteiger partial charge on any atom is -0.489 e. The maximum absolute atomic E-state index is 12.6. The molecular weight excluding hydrogens is 396 g/mol. The average molecular weight is 420 g/mol. The highest BCUT2D eigenvalue weighted by molar-refractivity contribution is 5.64. The third-order valence-electron chi connectivity index (χ3n) is 5.22. The number of carbonyl (C=O) groups is 1. The van der Waals surface area contributed by atoms with Crippen LogP contribution in [0.4, 0.5) is 10.6 Å². The van der Waals surface area contributed by atoms with Gasteiger partial charge in [0.1, 0.15) is 18.2 Å². The van der Waals surface area contributed by atoms with Crippen molar-refractivity contribution in [1.29, 1.82) is 0 Å². The zero-order chi connectivity index (χ0) is 21.6. The smallest absolute Gasteiger partial charge is 0.404 e. The van der Waals surface area contributed by atoms with E-state index in [0.29, 0.717) is 24.7 Å². The highest BCUT2D eigenvalue weighted by Crippen LogP contribution is 2.23. The fraction of sp³-hybridized carbons (Fsp3) is 0.261. The monoisotopic (exact) mass is 420 g/mol. The number of benzene rings is 1. The molecule has 31 heavy (non-hydrogen) atoms. The van der Waals surface area contributed by atoms with E-state index in [4.69, 9.17) is 15.2 Å². The number of carbonyl (C=O) groups excluding carboxylic acids is 1. The van der Waals surface area contributed by atoms with Gasteiger partial charge in [-0.1, -0.05) is 30.3 Å². The van der Waals surface area contributed by atoms with Crippen molar-refractivity contribution in [3.05, 3.63) is 82.9 Å². The second-order valence-corrected chi connectivity index (χ2v) is 7.45. The Balaban J connectivity index is 1.38. The molecule has 0 aliphatic carbocycles. The lowest BCUT2D eigenvalue weighted by atomic mass is 10.1. The maximum atomic E-state index is 12.6. The van der Waals surface area contributed by atoms with Gasteiger partial charge in [0.15, 0.2) is 0 Å². The lowest BCUT2D eigenvalue weighted by molar-refractivity contribution is 0.140. The maximum Gasteiger partial charge on any atom is 0.404 e. The summed E-state index contributed by atoms with van der Waals surface area (Å²) in [5.74, 6) is 1.58. The van der Waals surface area contributed by atoms with Gasteiger partial charge in [0.25, 0.3) is 5.56 Å². The zero-order valence-corrected chi connectivity index (χ0v) is 17.0. The van der Waals surface area contributed by atoms with E-state index in [-0.39, 0.29) is 11.5 Å². The zero-order valence-electron chi connectivity index (χ0n) is 17.0. The van der Waals surface area contributed by atoms with Gasteiger partial charge in [0.05, 0.1) is 18.5 Å². The van der Waals surface area contributed by atoms with Crippen LogP contribution in [0.5, 0.6) is 5.75 Å². The lowest BCUT2D eigenvalue weighted by Gasteiger charge is -2.18. The van der Waals surface area contributed by atoms with Gasteiger partial charge in [0.2, 0.25) is 0 Å². The second-order valence-electron chi connectivity index (χ2n) is 7.45. The number of hydrogen-bond acceptors (Lipinski definition) is 6. The SMILES string of the molecule is NC(=O)OC[C@H]1CCN(c2ccc(-n3ccc(OCc4ccccc4)cc3=O)cn2)C1. The van der Waals surface area contributed by atoms with Gasteiger partial charge in [-0.05, 0) is 30.2 Å². The third kappa shape index (κ3) is 5.22. The van der Waals surface area contributed by atoms with Crippen LogP contribution in [0.1, 0.15) is 12.0 Å². The Morgan fingerprint density at radius 1 is 1.16 bits per heavy atom. The molecule has 160 valence electrons. The molecule has 2 aromatic heterocycles. The highest BCUT2D eigenvalue weighted by Gasteiger charge is 2.24. The van der Waals surface area contributed by atoms with Crippen molar-refractivity contribution in [3.63, 3.8) is 0 Å². The molecule has 0 unspecified atom stereocenters. The number of nitrogens with two attached hydrogens (primary N) is 1. The number of nitrogens with zero attached hydrogens (tertiary/aromatic N) is 3. The first-order chi connectivity index (χ1) is 15.1. The van der Waals surface area contributed by atoms with Gasteiger partial charge in [-0.25, -0.2) is 9.78 Å². The minimum atomic E-state index is -0.747. The van der Waals surface area contributed by atoms with Gasteiger partial charge >= 0.3 is 6.09 Å². The Bertz CT molecular complexity index is 1080. The number of primary amides is 1. The van der Waals surface area contributed by atoms with Crippen molar-refractivity contribution in [3.8, 4) is 11.4 Å². The summed E-state index contributed by atoms with van der Waals surface area (Å²) in [6, 6.07) is 16.8. The lowest BCUT2D eigenvalue weighted by Crippen LogP contribution is -2.24. The van der Waals surface area contributed by atoms with Crippen LogP contribution < -0.4 is 20.9 Å².